The van der Waals surface area contributed by atoms with Crippen LogP contribution in [0, 0.1) is 0 Å². The third-order valence-corrected chi connectivity index (χ3v) is 1.38. The highest BCUT2D eigenvalue weighted by Gasteiger charge is 1.93. The van der Waals surface area contributed by atoms with Crippen molar-refractivity contribution in [2.45, 2.75) is 12.8 Å². The first-order valence-corrected chi connectivity index (χ1v) is 3.28. The average molecular weight is 124 g/mol. The molecule has 0 bridgehead atoms. The van der Waals surface area contributed by atoms with Gasteiger partial charge in [-0.15, -0.1) is 0 Å². The molecule has 1 heteroatoms. The summed E-state index contributed by atoms with van der Waals surface area (Å²) in [6, 6.07) is 0. The lowest BCUT2D eigenvalue weighted by atomic mass is 10.1. The van der Waals surface area contributed by atoms with Crippen molar-refractivity contribution in [1.82, 2.24) is 0 Å². The van der Waals surface area contributed by atoms with Crippen molar-refractivity contribution in [1.29, 1.82) is 0 Å². The summed E-state index contributed by atoms with van der Waals surface area (Å²) < 4.78 is 4.96. The number of ether oxygens (including phenoxy) is 1. The molecule has 0 fully saturated rings. The maximum atomic E-state index is 4.96. The van der Waals surface area contributed by atoms with E-state index in [1.54, 1.807) is 7.11 Å². The van der Waals surface area contributed by atoms with Crippen LogP contribution in [-0.2, 0) is 4.74 Å². The maximum absolute atomic E-state index is 4.96. The number of methoxy groups -OCH3 is 1. The Morgan fingerprint density at radius 1 is 1.56 bits per heavy atom. The number of rotatable bonds is 2. The molecule has 0 aromatic carbocycles. The Labute approximate surface area is 56.0 Å². The van der Waals surface area contributed by atoms with Gasteiger partial charge >= 0.3 is 0 Å². The molecule has 0 aromatic heterocycles. The Hall–Kier alpha value is -0.560. The van der Waals surface area contributed by atoms with E-state index in [2.05, 4.69) is 18.2 Å². The van der Waals surface area contributed by atoms with Gasteiger partial charge in [-0.25, -0.2) is 0 Å². The Morgan fingerprint density at radius 3 is 3.00 bits per heavy atom. The molecule has 1 rings (SSSR count). The van der Waals surface area contributed by atoms with Crippen molar-refractivity contribution in [3.8, 4) is 0 Å². The maximum Gasteiger partial charge on any atom is 0.0709 e. The fourth-order valence-corrected chi connectivity index (χ4v) is 0.941. The average Bonchev–Trinajstić information content (AvgIpc) is 1.91. The van der Waals surface area contributed by atoms with E-state index < -0.39 is 0 Å². The molecule has 0 aliphatic heterocycles. The third kappa shape index (κ3) is 2.02. The lowest BCUT2D eigenvalue weighted by Gasteiger charge is -2.03. The molecule has 1 aliphatic carbocycles. The van der Waals surface area contributed by atoms with Gasteiger partial charge in [-0.3, -0.25) is 0 Å². The molecule has 50 valence electrons. The van der Waals surface area contributed by atoms with Gasteiger partial charge in [-0.2, -0.15) is 0 Å². The number of allylic oxidation sites excluding steroid dienone is 2. The topological polar surface area (TPSA) is 9.23 Å². The van der Waals surface area contributed by atoms with Gasteiger partial charge < -0.3 is 4.74 Å². The predicted octanol–water partition coefficient (Wildman–Crippen LogP) is 1.91. The van der Waals surface area contributed by atoms with Crippen LogP contribution >= 0.6 is 0 Å². The summed E-state index contributed by atoms with van der Waals surface area (Å²) in [7, 11) is 1.73. The molecule has 0 saturated carbocycles. The van der Waals surface area contributed by atoms with E-state index in [1.807, 2.05) is 0 Å². The van der Waals surface area contributed by atoms with E-state index in [4.69, 9.17) is 4.74 Å². The highest BCUT2D eigenvalue weighted by atomic mass is 16.5. The van der Waals surface area contributed by atoms with Gasteiger partial charge in [0.2, 0.25) is 0 Å². The molecule has 0 heterocycles. The van der Waals surface area contributed by atoms with Gasteiger partial charge in [0, 0.05) is 7.11 Å². The lowest BCUT2D eigenvalue weighted by Crippen LogP contribution is -1.93. The van der Waals surface area contributed by atoms with Gasteiger partial charge in [0.1, 0.15) is 0 Å². The third-order valence-electron chi connectivity index (χ3n) is 1.38. The van der Waals surface area contributed by atoms with Gasteiger partial charge in [0.05, 0.1) is 6.61 Å². The van der Waals surface area contributed by atoms with E-state index in [0.29, 0.717) is 0 Å². The fourth-order valence-electron chi connectivity index (χ4n) is 0.941. The zero-order valence-corrected chi connectivity index (χ0v) is 5.76. The van der Waals surface area contributed by atoms with Crippen molar-refractivity contribution < 1.29 is 4.74 Å². The molecular formula is C8H12O. The van der Waals surface area contributed by atoms with Crippen LogP contribution in [0.5, 0.6) is 0 Å². The Morgan fingerprint density at radius 2 is 2.44 bits per heavy atom. The van der Waals surface area contributed by atoms with Crippen molar-refractivity contribution in [3.05, 3.63) is 23.8 Å². The van der Waals surface area contributed by atoms with Crippen LogP contribution in [-0.4, -0.2) is 13.7 Å². The van der Waals surface area contributed by atoms with E-state index >= 15 is 0 Å². The van der Waals surface area contributed by atoms with Crippen molar-refractivity contribution in [2.75, 3.05) is 13.7 Å². The van der Waals surface area contributed by atoms with Crippen LogP contribution in [0.4, 0.5) is 0 Å². The second-order valence-corrected chi connectivity index (χ2v) is 2.19. The normalized spacial score (nSPS) is 17.7. The standard InChI is InChI=1S/C8H12O/c1-9-7-8-5-3-2-4-6-8/h3,5-6H,2,4,7H2,1H3. The van der Waals surface area contributed by atoms with Gasteiger partial charge in [-0.05, 0) is 18.4 Å². The molecule has 0 radical (unpaired) electrons. The van der Waals surface area contributed by atoms with Gasteiger partial charge in [-0.1, -0.05) is 18.2 Å². The van der Waals surface area contributed by atoms with Crippen LogP contribution in [0.2, 0.25) is 0 Å². The minimum atomic E-state index is 0.760. The molecule has 0 amide bonds. The summed E-state index contributed by atoms with van der Waals surface area (Å²) >= 11 is 0. The fraction of sp³-hybridized carbons (Fsp3) is 0.500. The predicted molar refractivity (Wildman–Crippen MR) is 38.3 cm³/mol. The van der Waals surface area contributed by atoms with Crippen molar-refractivity contribution in [3.63, 3.8) is 0 Å². The van der Waals surface area contributed by atoms with Crippen LogP contribution in [0.1, 0.15) is 12.8 Å². The Bertz CT molecular complexity index is 134. The molecule has 1 aliphatic rings. The molecule has 0 N–H and O–H groups in total. The summed E-state index contributed by atoms with van der Waals surface area (Å²) in [6.45, 7) is 0.760. The van der Waals surface area contributed by atoms with Gasteiger partial charge in [0.15, 0.2) is 0 Å². The van der Waals surface area contributed by atoms with Crippen LogP contribution in [0.25, 0.3) is 0 Å². The number of hydrogen-bond acceptors (Lipinski definition) is 1. The molecule has 0 saturated heterocycles. The molecule has 0 spiro atoms. The molecule has 0 unspecified atom stereocenters. The lowest BCUT2D eigenvalue weighted by molar-refractivity contribution is 0.228. The minimum absolute atomic E-state index is 0.760. The SMILES string of the molecule is COCC1=CCCC=C1. The van der Waals surface area contributed by atoms with Crippen LogP contribution < -0.4 is 0 Å². The summed E-state index contributed by atoms with van der Waals surface area (Å²) in [6.07, 6.45) is 8.91. The van der Waals surface area contributed by atoms with E-state index in [9.17, 15) is 0 Å². The van der Waals surface area contributed by atoms with Crippen molar-refractivity contribution in [2.24, 2.45) is 0 Å². The zero-order chi connectivity index (χ0) is 6.53. The summed E-state index contributed by atoms with van der Waals surface area (Å²) in [5.74, 6) is 0. The molecule has 0 aromatic rings. The van der Waals surface area contributed by atoms with Gasteiger partial charge in [0.25, 0.3) is 0 Å². The Balaban J connectivity index is 2.38. The quantitative estimate of drug-likeness (QED) is 0.546. The zero-order valence-electron chi connectivity index (χ0n) is 5.76. The second kappa shape index (κ2) is 3.46. The highest BCUT2D eigenvalue weighted by Crippen LogP contribution is 2.08. The summed E-state index contributed by atoms with van der Waals surface area (Å²) in [5.41, 5.74) is 1.31. The molecule has 1 nitrogen and oxygen atoms in total. The first-order valence-electron chi connectivity index (χ1n) is 3.28. The van der Waals surface area contributed by atoms with E-state index in [0.717, 1.165) is 6.61 Å². The smallest absolute Gasteiger partial charge is 0.0709 e. The van der Waals surface area contributed by atoms with E-state index in [1.165, 1.54) is 18.4 Å². The summed E-state index contributed by atoms with van der Waals surface area (Å²) in [4.78, 5) is 0. The monoisotopic (exact) mass is 124 g/mol. The van der Waals surface area contributed by atoms with Crippen LogP contribution in [0.3, 0.4) is 0 Å². The number of hydrogen-bond donors (Lipinski definition) is 0. The first-order chi connectivity index (χ1) is 4.43. The second-order valence-electron chi connectivity index (χ2n) is 2.19. The van der Waals surface area contributed by atoms with Crippen molar-refractivity contribution >= 4 is 0 Å². The first kappa shape index (κ1) is 6.56. The molecule has 9 heavy (non-hydrogen) atoms. The molecular weight excluding hydrogens is 112 g/mol. The molecule has 0 atom stereocenters. The van der Waals surface area contributed by atoms with Crippen LogP contribution in [0.15, 0.2) is 23.8 Å². The highest BCUT2D eigenvalue weighted by molar-refractivity contribution is 5.22. The van der Waals surface area contributed by atoms with E-state index in [-0.39, 0.29) is 0 Å². The minimum Gasteiger partial charge on any atom is -0.380 e. The largest absolute Gasteiger partial charge is 0.380 e. The Kier molecular flexibility index (Phi) is 2.52. The summed E-state index contributed by atoms with van der Waals surface area (Å²) in [5, 5.41) is 0.